The molecule has 0 saturated carbocycles. The van der Waals surface area contributed by atoms with Crippen molar-refractivity contribution in [3.63, 3.8) is 0 Å². The molecule has 2 N–H and O–H groups in total. The maximum atomic E-state index is 12.1. The van der Waals surface area contributed by atoms with Crippen LogP contribution in [0.2, 0.25) is 0 Å². The van der Waals surface area contributed by atoms with Gasteiger partial charge < -0.3 is 15.0 Å². The molecule has 1 aromatic rings. The van der Waals surface area contributed by atoms with Crippen molar-refractivity contribution in [2.75, 3.05) is 13.1 Å². The van der Waals surface area contributed by atoms with E-state index in [4.69, 9.17) is 0 Å². The molecule has 0 aromatic carbocycles. The maximum absolute atomic E-state index is 12.1. The molecule has 0 unspecified atom stereocenters. The Bertz CT molecular complexity index is 459. The third kappa shape index (κ3) is 2.67. The van der Waals surface area contributed by atoms with Gasteiger partial charge >= 0.3 is 0 Å². The van der Waals surface area contributed by atoms with Crippen molar-refractivity contribution in [2.24, 2.45) is 0 Å². The molecular formula is C12H16N2O3. The van der Waals surface area contributed by atoms with E-state index in [1.165, 1.54) is 6.20 Å². The fourth-order valence-corrected chi connectivity index (χ4v) is 2.08. The average molecular weight is 236 g/mol. The third-order valence-corrected chi connectivity index (χ3v) is 3.03. The summed E-state index contributed by atoms with van der Waals surface area (Å²) in [5.74, 6) is -0.455. The van der Waals surface area contributed by atoms with Gasteiger partial charge in [-0.2, -0.15) is 0 Å². The number of hydrogen-bond acceptors (Lipinski definition) is 3. The summed E-state index contributed by atoms with van der Waals surface area (Å²) in [6, 6.07) is 1.03. The number of aromatic hydroxyl groups is 1. The van der Waals surface area contributed by atoms with Gasteiger partial charge in [-0.3, -0.25) is 9.59 Å². The number of amides is 1. The number of aromatic amines is 1. The van der Waals surface area contributed by atoms with Gasteiger partial charge in [0.2, 0.25) is 0 Å². The molecule has 0 bridgehead atoms. The van der Waals surface area contributed by atoms with E-state index in [9.17, 15) is 14.7 Å². The van der Waals surface area contributed by atoms with Crippen molar-refractivity contribution in [3.05, 3.63) is 28.2 Å². The summed E-state index contributed by atoms with van der Waals surface area (Å²) in [6.07, 6.45) is 5.55. The van der Waals surface area contributed by atoms with Crippen LogP contribution in [0.15, 0.2) is 17.1 Å². The van der Waals surface area contributed by atoms with Gasteiger partial charge in [0.1, 0.15) is 5.75 Å². The van der Waals surface area contributed by atoms with Crippen molar-refractivity contribution in [1.29, 1.82) is 0 Å². The van der Waals surface area contributed by atoms with Gasteiger partial charge in [0, 0.05) is 25.4 Å². The molecule has 1 aliphatic heterocycles. The largest absolute Gasteiger partial charge is 0.507 e. The first-order valence-corrected chi connectivity index (χ1v) is 5.89. The molecule has 0 atom stereocenters. The van der Waals surface area contributed by atoms with Crippen LogP contribution in [0, 0.1) is 0 Å². The summed E-state index contributed by atoms with van der Waals surface area (Å²) in [7, 11) is 0. The van der Waals surface area contributed by atoms with Crippen molar-refractivity contribution in [3.8, 4) is 5.75 Å². The molecule has 1 amide bonds. The van der Waals surface area contributed by atoms with Crippen LogP contribution in [-0.2, 0) is 0 Å². The molecule has 92 valence electrons. The molecule has 1 aromatic heterocycles. The van der Waals surface area contributed by atoms with E-state index in [0.717, 1.165) is 44.8 Å². The topological polar surface area (TPSA) is 73.4 Å². The van der Waals surface area contributed by atoms with E-state index in [1.54, 1.807) is 4.90 Å². The number of carbonyl (C=O) groups excluding carboxylic acids is 1. The molecule has 5 nitrogen and oxygen atoms in total. The Morgan fingerprint density at radius 1 is 1.24 bits per heavy atom. The van der Waals surface area contributed by atoms with Gasteiger partial charge in [-0.05, 0) is 12.8 Å². The summed E-state index contributed by atoms with van der Waals surface area (Å²) >= 11 is 0. The minimum atomic E-state index is -0.407. The molecule has 0 aliphatic carbocycles. The fraction of sp³-hybridized carbons (Fsp3) is 0.500. The zero-order chi connectivity index (χ0) is 12.3. The lowest BCUT2D eigenvalue weighted by Crippen LogP contribution is -2.32. The van der Waals surface area contributed by atoms with Gasteiger partial charge in [0.25, 0.3) is 11.5 Å². The number of rotatable bonds is 1. The Morgan fingerprint density at radius 3 is 2.47 bits per heavy atom. The van der Waals surface area contributed by atoms with Crippen molar-refractivity contribution in [1.82, 2.24) is 9.88 Å². The van der Waals surface area contributed by atoms with Gasteiger partial charge in [0.05, 0.1) is 5.56 Å². The minimum absolute atomic E-state index is 0.173. The van der Waals surface area contributed by atoms with E-state index >= 15 is 0 Å². The fourth-order valence-electron chi connectivity index (χ4n) is 2.08. The number of pyridine rings is 1. The van der Waals surface area contributed by atoms with Crippen LogP contribution in [0.3, 0.4) is 0 Å². The second-order valence-corrected chi connectivity index (χ2v) is 4.30. The van der Waals surface area contributed by atoms with Crippen LogP contribution in [0.1, 0.15) is 36.0 Å². The second kappa shape index (κ2) is 5.03. The molecule has 1 saturated heterocycles. The number of nitrogens with zero attached hydrogens (tertiary/aromatic N) is 1. The highest BCUT2D eigenvalue weighted by molar-refractivity contribution is 5.96. The molecule has 2 heterocycles. The summed E-state index contributed by atoms with van der Waals surface area (Å²) < 4.78 is 0. The van der Waals surface area contributed by atoms with Crippen LogP contribution in [-0.4, -0.2) is 34.0 Å². The predicted octanol–water partition coefficient (Wildman–Crippen LogP) is 1.10. The highest BCUT2D eigenvalue weighted by Gasteiger charge is 2.20. The summed E-state index contributed by atoms with van der Waals surface area (Å²) in [5, 5.41) is 9.60. The highest BCUT2D eigenvalue weighted by atomic mass is 16.3. The monoisotopic (exact) mass is 236 g/mol. The maximum Gasteiger partial charge on any atom is 0.259 e. The second-order valence-electron chi connectivity index (χ2n) is 4.30. The molecular weight excluding hydrogens is 220 g/mol. The van der Waals surface area contributed by atoms with Crippen LogP contribution in [0.5, 0.6) is 5.75 Å². The summed E-state index contributed by atoms with van der Waals surface area (Å²) in [5.41, 5.74) is -0.235. The van der Waals surface area contributed by atoms with Crippen molar-refractivity contribution < 1.29 is 9.90 Å². The average Bonchev–Trinajstić information content (AvgIpc) is 2.56. The number of nitrogens with one attached hydrogen (secondary N) is 1. The van der Waals surface area contributed by atoms with Crippen LogP contribution >= 0.6 is 0 Å². The zero-order valence-corrected chi connectivity index (χ0v) is 9.61. The Morgan fingerprint density at radius 2 is 1.88 bits per heavy atom. The number of aromatic nitrogens is 1. The van der Waals surface area contributed by atoms with Crippen molar-refractivity contribution >= 4 is 5.91 Å². The van der Waals surface area contributed by atoms with Crippen molar-refractivity contribution in [2.45, 2.75) is 25.7 Å². The minimum Gasteiger partial charge on any atom is -0.507 e. The third-order valence-electron chi connectivity index (χ3n) is 3.03. The zero-order valence-electron chi connectivity index (χ0n) is 9.61. The van der Waals surface area contributed by atoms with E-state index in [1.807, 2.05) is 0 Å². The summed E-state index contributed by atoms with van der Waals surface area (Å²) in [6.45, 7) is 1.44. The van der Waals surface area contributed by atoms with Gasteiger partial charge in [-0.1, -0.05) is 12.8 Å². The molecule has 0 radical (unpaired) electrons. The molecule has 2 rings (SSSR count). The van der Waals surface area contributed by atoms with Crippen LogP contribution in [0.4, 0.5) is 0 Å². The Labute approximate surface area is 99.1 Å². The van der Waals surface area contributed by atoms with Crippen LogP contribution in [0.25, 0.3) is 0 Å². The van der Waals surface area contributed by atoms with E-state index in [0.29, 0.717) is 0 Å². The van der Waals surface area contributed by atoms with E-state index in [2.05, 4.69) is 4.98 Å². The highest BCUT2D eigenvalue weighted by Crippen LogP contribution is 2.18. The number of H-pyrrole nitrogens is 1. The number of likely N-dealkylation sites (tertiary alicyclic amines) is 1. The van der Waals surface area contributed by atoms with Gasteiger partial charge in [-0.15, -0.1) is 0 Å². The lowest BCUT2D eigenvalue weighted by atomic mass is 10.2. The summed E-state index contributed by atoms with van der Waals surface area (Å²) in [4.78, 5) is 27.2. The van der Waals surface area contributed by atoms with Gasteiger partial charge in [-0.25, -0.2) is 0 Å². The first kappa shape index (κ1) is 11.7. The lowest BCUT2D eigenvalue weighted by molar-refractivity contribution is 0.0758. The number of carbonyl (C=O) groups is 1. The van der Waals surface area contributed by atoms with E-state index < -0.39 is 5.56 Å². The SMILES string of the molecule is O=C(c1c[nH]c(=O)cc1O)N1CCCCCC1. The Hall–Kier alpha value is -1.78. The van der Waals surface area contributed by atoms with Crippen LogP contribution < -0.4 is 5.56 Å². The van der Waals surface area contributed by atoms with E-state index in [-0.39, 0.29) is 17.2 Å². The smallest absolute Gasteiger partial charge is 0.259 e. The Kier molecular flexibility index (Phi) is 3.46. The first-order valence-electron chi connectivity index (χ1n) is 5.89. The Balaban J connectivity index is 2.20. The molecule has 1 aliphatic rings. The molecule has 17 heavy (non-hydrogen) atoms. The molecule has 1 fully saturated rings. The molecule has 0 spiro atoms. The van der Waals surface area contributed by atoms with Gasteiger partial charge in [0.15, 0.2) is 0 Å². The quantitative estimate of drug-likeness (QED) is 0.766. The normalized spacial score (nSPS) is 16.6. The standard InChI is InChI=1S/C12H16N2O3/c15-10-7-11(16)13-8-9(10)12(17)14-5-3-1-2-4-6-14/h7-8H,1-6H2,(H2,13,15,16). The number of hydrogen-bond donors (Lipinski definition) is 2. The lowest BCUT2D eigenvalue weighted by Gasteiger charge is -2.20. The molecule has 5 heteroatoms. The first-order chi connectivity index (χ1) is 8.18. The predicted molar refractivity (Wildman–Crippen MR) is 63.1 cm³/mol.